The summed E-state index contributed by atoms with van der Waals surface area (Å²) in [6.07, 6.45) is 1.99. The predicted octanol–water partition coefficient (Wildman–Crippen LogP) is 1.18. The van der Waals surface area contributed by atoms with Crippen molar-refractivity contribution in [2.75, 3.05) is 0 Å². The van der Waals surface area contributed by atoms with Crippen LogP contribution >= 0.6 is 0 Å². The number of aromatic nitrogens is 3. The van der Waals surface area contributed by atoms with Crippen molar-refractivity contribution in [3.8, 4) is 0 Å². The van der Waals surface area contributed by atoms with Gasteiger partial charge in [0.2, 0.25) is 0 Å². The Hall–Kier alpha value is -1.79. The van der Waals surface area contributed by atoms with Gasteiger partial charge in [-0.25, -0.2) is 9.37 Å². The van der Waals surface area contributed by atoms with Crippen LogP contribution in [-0.4, -0.2) is 14.8 Å². The van der Waals surface area contributed by atoms with E-state index in [-0.39, 0.29) is 11.9 Å². The van der Waals surface area contributed by atoms with Gasteiger partial charge >= 0.3 is 0 Å². The summed E-state index contributed by atoms with van der Waals surface area (Å²) in [5.41, 5.74) is 3.16. The van der Waals surface area contributed by atoms with Crippen LogP contribution in [0.5, 0.6) is 0 Å². The van der Waals surface area contributed by atoms with Gasteiger partial charge in [0.1, 0.15) is 18.0 Å². The first-order valence-electron chi connectivity index (χ1n) is 5.83. The van der Waals surface area contributed by atoms with Crippen molar-refractivity contribution < 1.29 is 4.39 Å². The first-order chi connectivity index (χ1) is 8.76. The van der Waals surface area contributed by atoms with Crippen LogP contribution in [0.25, 0.3) is 0 Å². The normalized spacial score (nSPS) is 12.6. The molecule has 1 atom stereocenters. The Morgan fingerprint density at radius 1 is 1.44 bits per heavy atom. The molecule has 2 aromatic rings. The Kier molecular flexibility index (Phi) is 4.01. The van der Waals surface area contributed by atoms with E-state index in [9.17, 15) is 4.39 Å². The van der Waals surface area contributed by atoms with E-state index in [2.05, 4.69) is 15.5 Å². The maximum atomic E-state index is 13.7. The van der Waals surface area contributed by atoms with E-state index in [0.29, 0.717) is 12.0 Å². The zero-order chi connectivity index (χ0) is 13.0. The molecule has 1 aromatic heterocycles. The van der Waals surface area contributed by atoms with Gasteiger partial charge in [-0.15, -0.1) is 0 Å². The van der Waals surface area contributed by atoms with Crippen LogP contribution in [-0.2, 0) is 13.0 Å². The predicted molar refractivity (Wildman–Crippen MR) is 65.9 cm³/mol. The van der Waals surface area contributed by atoms with Crippen molar-refractivity contribution in [2.24, 2.45) is 5.84 Å². The smallest absolute Gasteiger partial charge is 0.138 e. The van der Waals surface area contributed by atoms with Gasteiger partial charge in [0, 0.05) is 18.5 Å². The first-order valence-corrected chi connectivity index (χ1v) is 5.83. The van der Waals surface area contributed by atoms with Crippen molar-refractivity contribution in [1.82, 2.24) is 20.2 Å². The summed E-state index contributed by atoms with van der Waals surface area (Å²) in [5.74, 6) is 6.01. The Bertz CT molecular complexity index is 511. The molecule has 0 saturated carbocycles. The highest BCUT2D eigenvalue weighted by atomic mass is 19.1. The molecule has 0 aliphatic rings. The summed E-state index contributed by atoms with van der Waals surface area (Å²) in [6.45, 7) is 2.70. The molecule has 1 aromatic carbocycles. The molecule has 0 fully saturated rings. The van der Waals surface area contributed by atoms with E-state index < -0.39 is 0 Å². The molecule has 96 valence electrons. The average Bonchev–Trinajstić information content (AvgIpc) is 2.84. The van der Waals surface area contributed by atoms with E-state index in [1.807, 2.05) is 6.92 Å². The van der Waals surface area contributed by atoms with Gasteiger partial charge in [-0.2, -0.15) is 5.10 Å². The first kappa shape index (κ1) is 12.7. The topological polar surface area (TPSA) is 68.8 Å². The molecule has 2 rings (SSSR count). The van der Waals surface area contributed by atoms with Crippen LogP contribution < -0.4 is 11.3 Å². The van der Waals surface area contributed by atoms with Gasteiger partial charge < -0.3 is 0 Å². The molecule has 0 saturated heterocycles. The fraction of sp³-hybridized carbons (Fsp3) is 0.333. The molecular formula is C12H16FN5. The molecule has 1 unspecified atom stereocenters. The molecule has 0 spiro atoms. The lowest BCUT2D eigenvalue weighted by atomic mass is 10.0. The maximum Gasteiger partial charge on any atom is 0.138 e. The van der Waals surface area contributed by atoms with Crippen LogP contribution in [0, 0.1) is 5.82 Å². The van der Waals surface area contributed by atoms with Crippen LogP contribution in [0.4, 0.5) is 4.39 Å². The number of hydrazine groups is 1. The largest absolute Gasteiger partial charge is 0.271 e. The van der Waals surface area contributed by atoms with E-state index in [1.54, 1.807) is 22.9 Å². The van der Waals surface area contributed by atoms with Crippen molar-refractivity contribution >= 4 is 0 Å². The highest BCUT2D eigenvalue weighted by molar-refractivity contribution is 5.22. The minimum atomic E-state index is -0.319. The lowest BCUT2D eigenvalue weighted by Crippen LogP contribution is -2.31. The molecule has 0 aliphatic carbocycles. The highest BCUT2D eigenvalue weighted by Crippen LogP contribution is 2.19. The van der Waals surface area contributed by atoms with Crippen molar-refractivity contribution in [3.05, 3.63) is 47.8 Å². The summed E-state index contributed by atoms with van der Waals surface area (Å²) in [4.78, 5) is 4.16. The molecule has 0 radical (unpaired) electrons. The van der Waals surface area contributed by atoms with E-state index >= 15 is 0 Å². The zero-order valence-corrected chi connectivity index (χ0v) is 10.2. The SMILES string of the molecule is CCn1ncnc1CC(NN)c1ccccc1F. The second-order valence-electron chi connectivity index (χ2n) is 3.94. The monoisotopic (exact) mass is 249 g/mol. The standard InChI is InChI=1S/C12H16FN5/c1-2-18-12(15-8-16-18)7-11(17-14)9-5-3-4-6-10(9)13/h3-6,8,11,17H,2,7,14H2,1H3. The Balaban J connectivity index is 2.23. The molecule has 18 heavy (non-hydrogen) atoms. The number of nitrogens with one attached hydrogen (secondary N) is 1. The number of hydrogen-bond acceptors (Lipinski definition) is 4. The molecule has 5 nitrogen and oxygen atoms in total. The molecule has 0 amide bonds. The summed E-state index contributed by atoms with van der Waals surface area (Å²) in [5, 5.41) is 4.08. The summed E-state index contributed by atoms with van der Waals surface area (Å²) < 4.78 is 15.5. The third-order valence-corrected chi connectivity index (χ3v) is 2.86. The number of benzene rings is 1. The van der Waals surface area contributed by atoms with Crippen molar-refractivity contribution in [3.63, 3.8) is 0 Å². The Morgan fingerprint density at radius 3 is 2.89 bits per heavy atom. The number of halogens is 1. The number of aryl methyl sites for hydroxylation is 1. The van der Waals surface area contributed by atoms with E-state index in [0.717, 1.165) is 12.4 Å². The lowest BCUT2D eigenvalue weighted by Gasteiger charge is -2.16. The van der Waals surface area contributed by atoms with Crippen LogP contribution in [0.2, 0.25) is 0 Å². The maximum absolute atomic E-state index is 13.7. The second-order valence-corrected chi connectivity index (χ2v) is 3.94. The van der Waals surface area contributed by atoms with Gasteiger partial charge in [-0.1, -0.05) is 18.2 Å². The average molecular weight is 249 g/mol. The Labute approximate surface area is 105 Å². The van der Waals surface area contributed by atoms with E-state index in [1.165, 1.54) is 12.4 Å². The summed E-state index contributed by atoms with van der Waals surface area (Å²) >= 11 is 0. The minimum Gasteiger partial charge on any atom is -0.271 e. The molecule has 6 heteroatoms. The molecular weight excluding hydrogens is 233 g/mol. The molecule has 0 aliphatic heterocycles. The zero-order valence-electron chi connectivity index (χ0n) is 10.2. The van der Waals surface area contributed by atoms with Crippen LogP contribution in [0.1, 0.15) is 24.4 Å². The number of nitrogens with two attached hydrogens (primary N) is 1. The molecule has 1 heterocycles. The molecule has 0 bridgehead atoms. The fourth-order valence-corrected chi connectivity index (χ4v) is 1.91. The number of rotatable bonds is 5. The Morgan fingerprint density at radius 2 is 2.22 bits per heavy atom. The molecule has 3 N–H and O–H groups in total. The number of hydrogen-bond donors (Lipinski definition) is 2. The quantitative estimate of drug-likeness (QED) is 0.617. The van der Waals surface area contributed by atoms with E-state index in [4.69, 9.17) is 5.84 Å². The third kappa shape index (κ3) is 2.55. The van der Waals surface area contributed by atoms with Gasteiger partial charge in [-0.05, 0) is 13.0 Å². The second kappa shape index (κ2) is 5.70. The van der Waals surface area contributed by atoms with Gasteiger partial charge in [0.05, 0.1) is 6.04 Å². The third-order valence-electron chi connectivity index (χ3n) is 2.86. The van der Waals surface area contributed by atoms with Crippen LogP contribution in [0.3, 0.4) is 0 Å². The van der Waals surface area contributed by atoms with Crippen LogP contribution in [0.15, 0.2) is 30.6 Å². The fourth-order valence-electron chi connectivity index (χ4n) is 1.91. The van der Waals surface area contributed by atoms with Gasteiger partial charge in [0.15, 0.2) is 0 Å². The highest BCUT2D eigenvalue weighted by Gasteiger charge is 2.17. The van der Waals surface area contributed by atoms with Crippen molar-refractivity contribution in [2.45, 2.75) is 25.9 Å². The summed E-state index contributed by atoms with van der Waals surface area (Å²) in [6, 6.07) is 6.26. The van der Waals surface area contributed by atoms with Gasteiger partial charge in [-0.3, -0.25) is 16.0 Å². The minimum absolute atomic E-state index is 0.275. The lowest BCUT2D eigenvalue weighted by molar-refractivity contribution is 0.485. The number of nitrogens with zero attached hydrogens (tertiary/aromatic N) is 3. The van der Waals surface area contributed by atoms with Crippen molar-refractivity contribution in [1.29, 1.82) is 0 Å². The van der Waals surface area contributed by atoms with Gasteiger partial charge in [0.25, 0.3) is 0 Å². The summed E-state index contributed by atoms with van der Waals surface area (Å²) in [7, 11) is 0.